The van der Waals surface area contributed by atoms with Gasteiger partial charge in [-0.2, -0.15) is 13.2 Å². The summed E-state index contributed by atoms with van der Waals surface area (Å²) < 4.78 is 38.6. The minimum absolute atomic E-state index is 0.0354. The Bertz CT molecular complexity index is 548. The smallest absolute Gasteiger partial charge is 0.471 e. The van der Waals surface area contributed by atoms with Crippen LogP contribution in [0.1, 0.15) is 42.5 Å². The molecule has 1 aromatic rings. The Kier molecular flexibility index (Phi) is 4.73. The summed E-state index contributed by atoms with van der Waals surface area (Å²) in [5.74, 6) is -3.07. The van der Waals surface area contributed by atoms with E-state index in [0.29, 0.717) is 12.8 Å². The highest BCUT2D eigenvalue weighted by Crippen LogP contribution is 2.31. The van der Waals surface area contributed by atoms with E-state index >= 15 is 0 Å². The standard InChI is InChI=1S/C15H16F3NO3/c16-15(17,18)14(22)19(11-4-2-1-3-5-11)12-8-6-10(7-9-12)13(20)21/h6-9,11H,1-5H2,(H,20,21). The first-order valence-corrected chi connectivity index (χ1v) is 7.04. The van der Waals surface area contributed by atoms with Gasteiger partial charge >= 0.3 is 18.1 Å². The molecular formula is C15H16F3NO3. The van der Waals surface area contributed by atoms with E-state index in [1.807, 2.05) is 0 Å². The number of alkyl halides is 3. The number of halogens is 3. The van der Waals surface area contributed by atoms with Gasteiger partial charge in [-0.25, -0.2) is 4.79 Å². The van der Waals surface area contributed by atoms with Crippen molar-refractivity contribution in [3.8, 4) is 0 Å². The Morgan fingerprint density at radius 1 is 1.05 bits per heavy atom. The van der Waals surface area contributed by atoms with Crippen LogP contribution in [0.4, 0.5) is 18.9 Å². The quantitative estimate of drug-likeness (QED) is 0.927. The number of anilines is 1. The van der Waals surface area contributed by atoms with Gasteiger partial charge in [0.1, 0.15) is 0 Å². The SMILES string of the molecule is O=C(O)c1ccc(N(C(=O)C(F)(F)F)C2CCCCC2)cc1. The summed E-state index contributed by atoms with van der Waals surface area (Å²) in [6, 6.07) is 4.41. The van der Waals surface area contributed by atoms with E-state index in [1.54, 1.807) is 0 Å². The third kappa shape index (κ3) is 3.58. The second-order valence-electron chi connectivity index (χ2n) is 5.32. The van der Waals surface area contributed by atoms with Crippen LogP contribution in [0.15, 0.2) is 24.3 Å². The van der Waals surface area contributed by atoms with Gasteiger partial charge in [0.15, 0.2) is 0 Å². The highest BCUT2D eigenvalue weighted by molar-refractivity contribution is 5.98. The van der Waals surface area contributed by atoms with Crippen LogP contribution in [0, 0.1) is 0 Å². The Morgan fingerprint density at radius 2 is 1.59 bits per heavy atom. The maximum atomic E-state index is 12.9. The fourth-order valence-corrected chi connectivity index (χ4v) is 2.73. The lowest BCUT2D eigenvalue weighted by Crippen LogP contribution is -2.48. The van der Waals surface area contributed by atoms with Gasteiger partial charge in [0.05, 0.1) is 5.56 Å². The van der Waals surface area contributed by atoms with Crippen molar-refractivity contribution < 1.29 is 27.9 Å². The van der Waals surface area contributed by atoms with Crippen LogP contribution in [-0.4, -0.2) is 29.2 Å². The van der Waals surface area contributed by atoms with Crippen molar-refractivity contribution in [2.45, 2.75) is 44.3 Å². The number of nitrogens with zero attached hydrogens (tertiary/aromatic N) is 1. The largest absolute Gasteiger partial charge is 0.478 e. The third-order valence-corrected chi connectivity index (χ3v) is 3.79. The van der Waals surface area contributed by atoms with E-state index in [2.05, 4.69) is 0 Å². The number of carboxylic acids is 1. The van der Waals surface area contributed by atoms with E-state index in [4.69, 9.17) is 5.11 Å². The number of hydrogen-bond acceptors (Lipinski definition) is 2. The van der Waals surface area contributed by atoms with Crippen LogP contribution in [0.2, 0.25) is 0 Å². The second kappa shape index (κ2) is 6.37. The average Bonchev–Trinajstić information content (AvgIpc) is 2.48. The molecule has 1 amide bonds. The van der Waals surface area contributed by atoms with Crippen molar-refractivity contribution in [2.75, 3.05) is 4.90 Å². The number of aromatic carboxylic acids is 1. The lowest BCUT2D eigenvalue weighted by atomic mass is 9.93. The molecule has 0 atom stereocenters. The summed E-state index contributed by atoms with van der Waals surface area (Å²) in [5, 5.41) is 8.84. The van der Waals surface area contributed by atoms with Gasteiger partial charge in [-0.05, 0) is 37.1 Å². The maximum absolute atomic E-state index is 12.9. The summed E-state index contributed by atoms with van der Waals surface area (Å²) in [6.45, 7) is 0. The average molecular weight is 315 g/mol. The predicted molar refractivity (Wildman–Crippen MR) is 73.8 cm³/mol. The summed E-state index contributed by atoms with van der Waals surface area (Å²) in [7, 11) is 0. The number of amides is 1. The Labute approximate surface area is 125 Å². The molecular weight excluding hydrogens is 299 g/mol. The highest BCUT2D eigenvalue weighted by atomic mass is 19.4. The molecule has 0 aromatic heterocycles. The Balaban J connectivity index is 2.34. The van der Waals surface area contributed by atoms with Crippen LogP contribution < -0.4 is 4.90 Å². The molecule has 7 heteroatoms. The van der Waals surface area contributed by atoms with E-state index in [-0.39, 0.29) is 11.3 Å². The van der Waals surface area contributed by atoms with Crippen molar-refractivity contribution in [3.05, 3.63) is 29.8 Å². The molecule has 4 nitrogen and oxygen atoms in total. The minimum Gasteiger partial charge on any atom is -0.478 e. The van der Waals surface area contributed by atoms with Crippen molar-refractivity contribution in [2.24, 2.45) is 0 Å². The Hall–Kier alpha value is -2.05. The Morgan fingerprint density at radius 3 is 2.05 bits per heavy atom. The van der Waals surface area contributed by atoms with Crippen LogP contribution in [0.3, 0.4) is 0 Å². The minimum atomic E-state index is -4.96. The summed E-state index contributed by atoms with van der Waals surface area (Å²) >= 11 is 0. The topological polar surface area (TPSA) is 57.6 Å². The number of benzene rings is 1. The molecule has 0 spiro atoms. The number of hydrogen-bond donors (Lipinski definition) is 1. The summed E-state index contributed by atoms with van der Waals surface area (Å²) in [6.07, 6.45) is -1.42. The van der Waals surface area contributed by atoms with E-state index in [0.717, 1.165) is 24.2 Å². The van der Waals surface area contributed by atoms with Crippen molar-refractivity contribution in [3.63, 3.8) is 0 Å². The van der Waals surface area contributed by atoms with Crippen LogP contribution in [0.5, 0.6) is 0 Å². The van der Waals surface area contributed by atoms with Gasteiger partial charge in [-0.3, -0.25) is 4.79 Å². The normalized spacial score (nSPS) is 16.3. The zero-order chi connectivity index (χ0) is 16.3. The molecule has 1 aliphatic carbocycles. The molecule has 1 saturated carbocycles. The van der Waals surface area contributed by atoms with Gasteiger partial charge in [-0.1, -0.05) is 19.3 Å². The van der Waals surface area contributed by atoms with Gasteiger partial charge in [0, 0.05) is 11.7 Å². The molecule has 0 aliphatic heterocycles. The second-order valence-corrected chi connectivity index (χ2v) is 5.32. The first-order valence-electron chi connectivity index (χ1n) is 7.04. The van der Waals surface area contributed by atoms with Gasteiger partial charge in [0.2, 0.25) is 0 Å². The monoisotopic (exact) mass is 315 g/mol. The number of rotatable bonds is 3. The fourth-order valence-electron chi connectivity index (χ4n) is 2.73. The first-order chi connectivity index (χ1) is 10.3. The van der Waals surface area contributed by atoms with Crippen molar-refractivity contribution >= 4 is 17.6 Å². The van der Waals surface area contributed by atoms with Crippen LogP contribution in [0.25, 0.3) is 0 Å². The van der Waals surface area contributed by atoms with E-state index in [1.165, 1.54) is 24.3 Å². The first kappa shape index (κ1) is 16.3. The fraction of sp³-hybridized carbons (Fsp3) is 0.467. The summed E-state index contributed by atoms with van der Waals surface area (Å²) in [5.41, 5.74) is 0.0472. The molecule has 0 bridgehead atoms. The molecule has 22 heavy (non-hydrogen) atoms. The molecule has 0 heterocycles. The molecule has 2 rings (SSSR count). The number of carboxylic acid groups (broad SMARTS) is 1. The van der Waals surface area contributed by atoms with Crippen molar-refractivity contribution in [1.29, 1.82) is 0 Å². The molecule has 0 radical (unpaired) electrons. The molecule has 0 unspecified atom stereocenters. The molecule has 120 valence electrons. The van der Waals surface area contributed by atoms with Crippen LogP contribution in [-0.2, 0) is 4.79 Å². The molecule has 1 fully saturated rings. The van der Waals surface area contributed by atoms with Crippen molar-refractivity contribution in [1.82, 2.24) is 0 Å². The number of carbonyl (C=O) groups is 2. The molecule has 1 aliphatic rings. The zero-order valence-corrected chi connectivity index (χ0v) is 11.8. The zero-order valence-electron chi connectivity index (χ0n) is 11.8. The van der Waals surface area contributed by atoms with Gasteiger partial charge in [-0.15, -0.1) is 0 Å². The van der Waals surface area contributed by atoms with Gasteiger partial charge < -0.3 is 10.0 Å². The maximum Gasteiger partial charge on any atom is 0.471 e. The van der Waals surface area contributed by atoms with Gasteiger partial charge in [0.25, 0.3) is 0 Å². The predicted octanol–water partition coefficient (Wildman–Crippen LogP) is 3.61. The molecule has 1 N–H and O–H groups in total. The highest BCUT2D eigenvalue weighted by Gasteiger charge is 2.45. The lowest BCUT2D eigenvalue weighted by Gasteiger charge is -2.34. The van der Waals surface area contributed by atoms with E-state index < -0.39 is 24.1 Å². The van der Waals surface area contributed by atoms with Crippen LogP contribution >= 0.6 is 0 Å². The lowest BCUT2D eigenvalue weighted by molar-refractivity contribution is -0.171. The third-order valence-electron chi connectivity index (χ3n) is 3.79. The molecule has 0 saturated heterocycles. The number of carbonyl (C=O) groups excluding carboxylic acids is 1. The summed E-state index contributed by atoms with van der Waals surface area (Å²) in [4.78, 5) is 23.4. The van der Waals surface area contributed by atoms with E-state index in [9.17, 15) is 22.8 Å². The molecule has 1 aromatic carbocycles.